The van der Waals surface area contributed by atoms with Crippen molar-refractivity contribution in [1.29, 1.82) is 0 Å². The van der Waals surface area contributed by atoms with Crippen molar-refractivity contribution < 1.29 is 19.3 Å². The first-order chi connectivity index (χ1) is 7.24. The minimum atomic E-state index is -0.291. The van der Waals surface area contributed by atoms with Gasteiger partial charge in [-0.2, -0.15) is 0 Å². The van der Waals surface area contributed by atoms with Gasteiger partial charge in [0.25, 0.3) is 0 Å². The predicted octanol–water partition coefficient (Wildman–Crippen LogP) is 0.454. The standard InChI is InChI=1S/C8H15N3O4/c1-2-8(12)14-6-7-15-9-11(13)10-4-3-5-10/h2-7H2,1H3/b11-9-. The molecule has 0 bridgehead atoms. The van der Waals surface area contributed by atoms with Crippen LogP contribution in [0.4, 0.5) is 0 Å². The predicted molar refractivity (Wildman–Crippen MR) is 49.4 cm³/mol. The molecule has 0 aromatic heterocycles. The summed E-state index contributed by atoms with van der Waals surface area (Å²) in [5, 5.41) is 15.8. The van der Waals surface area contributed by atoms with Crippen molar-refractivity contribution in [1.82, 2.24) is 5.01 Å². The zero-order valence-electron chi connectivity index (χ0n) is 8.72. The molecule has 15 heavy (non-hydrogen) atoms. The molecule has 0 N–H and O–H groups in total. The van der Waals surface area contributed by atoms with Crippen LogP contribution in [-0.2, 0) is 14.4 Å². The largest absolute Gasteiger partial charge is 0.569 e. The number of ether oxygens (including phenoxy) is 1. The molecule has 86 valence electrons. The molecule has 1 aliphatic rings. The van der Waals surface area contributed by atoms with Gasteiger partial charge in [0.1, 0.15) is 6.61 Å². The van der Waals surface area contributed by atoms with Crippen molar-refractivity contribution in [3.05, 3.63) is 5.21 Å². The van der Waals surface area contributed by atoms with E-state index in [9.17, 15) is 10.0 Å². The second-order valence-corrected chi connectivity index (χ2v) is 3.05. The summed E-state index contributed by atoms with van der Waals surface area (Å²) in [7, 11) is 0. The molecule has 0 radical (unpaired) electrons. The van der Waals surface area contributed by atoms with Crippen molar-refractivity contribution in [2.45, 2.75) is 19.8 Å². The molecule has 1 aliphatic heterocycles. The third kappa shape index (κ3) is 4.01. The minimum absolute atomic E-state index is 0.0956. The Bertz CT molecular complexity index is 240. The molecule has 1 rings (SSSR count). The number of carbonyl (C=O) groups excluding carboxylic acids is 1. The van der Waals surface area contributed by atoms with Crippen LogP contribution in [0, 0.1) is 5.21 Å². The summed E-state index contributed by atoms with van der Waals surface area (Å²) in [4.78, 5) is 15.8. The highest BCUT2D eigenvalue weighted by Gasteiger charge is 2.21. The topological polar surface area (TPSA) is 77.2 Å². The van der Waals surface area contributed by atoms with Crippen molar-refractivity contribution in [2.24, 2.45) is 5.28 Å². The number of esters is 1. The van der Waals surface area contributed by atoms with Crippen LogP contribution in [0.25, 0.3) is 0 Å². The van der Waals surface area contributed by atoms with Crippen LogP contribution in [-0.4, -0.2) is 42.3 Å². The van der Waals surface area contributed by atoms with Gasteiger partial charge in [-0.3, -0.25) is 4.79 Å². The molecule has 1 saturated heterocycles. The highest BCUT2D eigenvalue weighted by molar-refractivity contribution is 5.68. The van der Waals surface area contributed by atoms with Gasteiger partial charge in [0.15, 0.2) is 6.61 Å². The summed E-state index contributed by atoms with van der Waals surface area (Å²) < 4.78 is 4.72. The van der Waals surface area contributed by atoms with E-state index in [4.69, 9.17) is 4.74 Å². The van der Waals surface area contributed by atoms with Crippen molar-refractivity contribution in [3.63, 3.8) is 0 Å². The summed E-state index contributed by atoms with van der Waals surface area (Å²) in [5.74, 6) is -0.291. The molecule has 0 aromatic carbocycles. The second-order valence-electron chi connectivity index (χ2n) is 3.05. The molecule has 0 aromatic rings. The van der Waals surface area contributed by atoms with Crippen LogP contribution in [0.2, 0.25) is 0 Å². The molecule has 0 aliphatic carbocycles. The molecule has 7 nitrogen and oxygen atoms in total. The lowest BCUT2D eigenvalue weighted by molar-refractivity contribution is -0.722. The first kappa shape index (κ1) is 11.5. The van der Waals surface area contributed by atoms with E-state index in [0.29, 0.717) is 24.5 Å². The molecule has 1 fully saturated rings. The van der Waals surface area contributed by atoms with E-state index >= 15 is 0 Å². The highest BCUT2D eigenvalue weighted by Crippen LogP contribution is 2.05. The number of hydrogen-bond acceptors (Lipinski definition) is 5. The summed E-state index contributed by atoms with van der Waals surface area (Å²) in [6.07, 6.45) is 1.33. The summed E-state index contributed by atoms with van der Waals surface area (Å²) in [6, 6.07) is 0. The lowest BCUT2D eigenvalue weighted by Crippen LogP contribution is -2.42. The zero-order valence-corrected chi connectivity index (χ0v) is 8.72. The summed E-state index contributed by atoms with van der Waals surface area (Å²) in [5.41, 5.74) is 0. The average Bonchev–Trinajstić information content (AvgIpc) is 2.14. The van der Waals surface area contributed by atoms with Gasteiger partial charge >= 0.3 is 5.97 Å². The summed E-state index contributed by atoms with van der Waals surface area (Å²) >= 11 is 0. The van der Waals surface area contributed by atoms with Gasteiger partial charge in [0, 0.05) is 6.42 Å². The third-order valence-corrected chi connectivity index (χ3v) is 1.93. The van der Waals surface area contributed by atoms with Gasteiger partial charge < -0.3 is 14.8 Å². The summed E-state index contributed by atoms with van der Waals surface area (Å²) in [6.45, 7) is 3.33. The lowest BCUT2D eigenvalue weighted by Gasteiger charge is -2.24. The molecule has 0 spiro atoms. The van der Waals surface area contributed by atoms with E-state index in [0.717, 1.165) is 6.42 Å². The monoisotopic (exact) mass is 217 g/mol. The van der Waals surface area contributed by atoms with E-state index in [2.05, 4.69) is 10.1 Å². The maximum atomic E-state index is 11.0. The highest BCUT2D eigenvalue weighted by atomic mass is 16.7. The van der Waals surface area contributed by atoms with E-state index < -0.39 is 0 Å². The first-order valence-electron chi connectivity index (χ1n) is 4.94. The first-order valence-corrected chi connectivity index (χ1v) is 4.94. The Morgan fingerprint density at radius 3 is 2.80 bits per heavy atom. The number of hydrazine groups is 1. The molecule has 0 amide bonds. The van der Waals surface area contributed by atoms with Crippen molar-refractivity contribution in [3.8, 4) is 0 Å². The fourth-order valence-corrected chi connectivity index (χ4v) is 0.907. The second kappa shape index (κ2) is 6.05. The maximum Gasteiger partial charge on any atom is 0.305 e. The van der Waals surface area contributed by atoms with Crippen LogP contribution in [0.1, 0.15) is 19.8 Å². The van der Waals surface area contributed by atoms with Gasteiger partial charge in [0.2, 0.25) is 5.28 Å². The molecule has 1 heterocycles. The minimum Gasteiger partial charge on any atom is -0.569 e. The zero-order chi connectivity index (χ0) is 11.1. The van der Waals surface area contributed by atoms with Crippen molar-refractivity contribution >= 4 is 5.97 Å². The van der Waals surface area contributed by atoms with Crippen LogP contribution in [0.3, 0.4) is 0 Å². The van der Waals surface area contributed by atoms with Gasteiger partial charge in [-0.15, -0.1) is 5.01 Å². The Kier molecular flexibility index (Phi) is 4.65. The molecule has 0 saturated carbocycles. The molecular formula is C8H15N3O4. The van der Waals surface area contributed by atoms with E-state index in [-0.39, 0.29) is 19.2 Å². The maximum absolute atomic E-state index is 11.0. The quantitative estimate of drug-likeness (QED) is 0.212. The number of rotatable bonds is 6. The Hall–Kier alpha value is -1.53. The third-order valence-electron chi connectivity index (χ3n) is 1.93. The van der Waals surface area contributed by atoms with Crippen LogP contribution < -0.4 is 0 Å². The lowest BCUT2D eigenvalue weighted by atomic mass is 10.3. The Balaban J connectivity index is 2.02. The van der Waals surface area contributed by atoms with E-state index in [1.807, 2.05) is 0 Å². The normalized spacial score (nSPS) is 15.8. The van der Waals surface area contributed by atoms with Gasteiger partial charge in [-0.25, -0.2) is 0 Å². The van der Waals surface area contributed by atoms with E-state index in [1.165, 1.54) is 5.01 Å². The Morgan fingerprint density at radius 1 is 1.53 bits per heavy atom. The fraction of sp³-hybridized carbons (Fsp3) is 0.875. The number of hydrogen-bond donors (Lipinski definition) is 0. The smallest absolute Gasteiger partial charge is 0.305 e. The Morgan fingerprint density at radius 2 is 2.27 bits per heavy atom. The number of nitrogens with zero attached hydrogens (tertiary/aromatic N) is 3. The van der Waals surface area contributed by atoms with Crippen LogP contribution in [0.5, 0.6) is 0 Å². The molecular weight excluding hydrogens is 202 g/mol. The van der Waals surface area contributed by atoms with Crippen LogP contribution in [0.15, 0.2) is 5.28 Å². The SMILES string of the molecule is CCC(=O)OCCO/N=[N+](\[O-])N1CCC1. The van der Waals surface area contributed by atoms with E-state index in [1.54, 1.807) is 6.92 Å². The molecule has 7 heteroatoms. The van der Waals surface area contributed by atoms with Crippen molar-refractivity contribution in [2.75, 3.05) is 26.3 Å². The number of carbonyl (C=O) groups is 1. The Labute approximate surface area is 87.8 Å². The molecule has 0 atom stereocenters. The van der Waals surface area contributed by atoms with Gasteiger partial charge in [-0.05, 0) is 6.42 Å². The van der Waals surface area contributed by atoms with Gasteiger partial charge in [-0.1, -0.05) is 6.92 Å². The van der Waals surface area contributed by atoms with Crippen LogP contribution >= 0.6 is 0 Å². The van der Waals surface area contributed by atoms with Gasteiger partial charge in [0.05, 0.1) is 18.1 Å². The fourth-order valence-electron chi connectivity index (χ4n) is 0.907. The molecule has 0 unspecified atom stereocenters. The average molecular weight is 217 g/mol.